The molecule has 0 atom stereocenters. The van der Waals surface area contributed by atoms with E-state index in [2.05, 4.69) is 5.32 Å². The fourth-order valence-corrected chi connectivity index (χ4v) is 2.22. The first-order chi connectivity index (χ1) is 12.5. The second-order valence-electron chi connectivity index (χ2n) is 5.17. The van der Waals surface area contributed by atoms with Gasteiger partial charge in [-0.1, -0.05) is 36.4 Å². The first-order valence-corrected chi connectivity index (χ1v) is 7.75. The van der Waals surface area contributed by atoms with Crippen LogP contribution in [0.15, 0.2) is 60.7 Å². The van der Waals surface area contributed by atoms with Crippen LogP contribution in [0.25, 0.3) is 6.08 Å². The van der Waals surface area contributed by atoms with Crippen LogP contribution in [0.1, 0.15) is 15.9 Å². The van der Waals surface area contributed by atoms with Gasteiger partial charge in [-0.05, 0) is 29.8 Å². The minimum absolute atomic E-state index is 0.0371. The van der Waals surface area contributed by atoms with E-state index in [0.717, 1.165) is 5.56 Å². The van der Waals surface area contributed by atoms with Crippen molar-refractivity contribution in [3.8, 4) is 11.5 Å². The molecule has 2 aromatic rings. The third-order valence-corrected chi connectivity index (χ3v) is 3.47. The number of carboxylic acid groups (broad SMARTS) is 1. The van der Waals surface area contributed by atoms with E-state index >= 15 is 0 Å². The minimum atomic E-state index is -1.10. The highest BCUT2D eigenvalue weighted by Gasteiger charge is 2.09. The van der Waals surface area contributed by atoms with Crippen LogP contribution in [0.2, 0.25) is 0 Å². The van der Waals surface area contributed by atoms with Gasteiger partial charge < -0.3 is 19.9 Å². The fraction of sp³-hybridized carbons (Fsp3) is 0.100. The molecule has 134 valence electrons. The van der Waals surface area contributed by atoms with E-state index in [1.54, 1.807) is 50.6 Å². The van der Waals surface area contributed by atoms with Gasteiger partial charge >= 0.3 is 5.97 Å². The summed E-state index contributed by atoms with van der Waals surface area (Å²) >= 11 is 0. The van der Waals surface area contributed by atoms with Crippen molar-refractivity contribution < 1.29 is 24.2 Å². The van der Waals surface area contributed by atoms with Crippen molar-refractivity contribution in [2.24, 2.45) is 0 Å². The van der Waals surface area contributed by atoms with Crippen LogP contribution in [0.4, 0.5) is 5.69 Å². The quantitative estimate of drug-likeness (QED) is 0.587. The number of aromatic carboxylic acids is 1. The number of amides is 1. The highest BCUT2D eigenvalue weighted by atomic mass is 16.5. The first-order valence-electron chi connectivity index (χ1n) is 7.75. The van der Waals surface area contributed by atoms with E-state index < -0.39 is 11.9 Å². The molecule has 2 rings (SSSR count). The summed E-state index contributed by atoms with van der Waals surface area (Å²) in [7, 11) is 3.13. The van der Waals surface area contributed by atoms with Gasteiger partial charge in [-0.25, -0.2) is 4.79 Å². The number of ether oxygens (including phenoxy) is 2. The predicted molar refractivity (Wildman–Crippen MR) is 99.8 cm³/mol. The smallest absolute Gasteiger partial charge is 0.337 e. The van der Waals surface area contributed by atoms with Gasteiger partial charge in [0.15, 0.2) is 11.5 Å². The third kappa shape index (κ3) is 4.98. The second-order valence-corrected chi connectivity index (χ2v) is 5.17. The van der Waals surface area contributed by atoms with Crippen molar-refractivity contribution in [3.63, 3.8) is 0 Å². The number of hydrogen-bond donors (Lipinski definition) is 2. The standard InChI is InChI=1S/C20H19NO5/c1-25-17-12-11-14(13-18(17)26-2)7-3-6-10-19(22)21-16-9-5-4-8-15(16)20(23)24/h3-13H,1-2H3,(H,21,22)(H,23,24)/b7-3+,10-6+. The number of carbonyl (C=O) groups excluding carboxylic acids is 1. The van der Waals surface area contributed by atoms with Crippen LogP contribution < -0.4 is 14.8 Å². The molecule has 6 nitrogen and oxygen atoms in total. The van der Waals surface area contributed by atoms with E-state index in [-0.39, 0.29) is 11.3 Å². The summed E-state index contributed by atoms with van der Waals surface area (Å²) in [6.07, 6.45) is 6.38. The number of methoxy groups -OCH3 is 2. The number of para-hydroxylation sites is 1. The maximum absolute atomic E-state index is 11.9. The molecule has 0 heterocycles. The topological polar surface area (TPSA) is 84.9 Å². The highest BCUT2D eigenvalue weighted by Crippen LogP contribution is 2.27. The Morgan fingerprint density at radius 1 is 1.00 bits per heavy atom. The molecule has 0 aliphatic carbocycles. The molecule has 2 aromatic carbocycles. The monoisotopic (exact) mass is 353 g/mol. The zero-order chi connectivity index (χ0) is 18.9. The van der Waals surface area contributed by atoms with Gasteiger partial charge in [0.25, 0.3) is 0 Å². The molecule has 1 amide bonds. The molecule has 0 aliphatic heterocycles. The van der Waals surface area contributed by atoms with Crippen LogP contribution >= 0.6 is 0 Å². The normalized spacial score (nSPS) is 10.8. The maximum atomic E-state index is 11.9. The van der Waals surface area contributed by atoms with E-state index in [1.165, 1.54) is 18.2 Å². The molecule has 0 unspecified atom stereocenters. The van der Waals surface area contributed by atoms with Crippen molar-refractivity contribution in [2.45, 2.75) is 0 Å². The van der Waals surface area contributed by atoms with Gasteiger partial charge in [-0.3, -0.25) is 4.79 Å². The summed E-state index contributed by atoms with van der Waals surface area (Å²) in [6.45, 7) is 0. The molecule has 0 aromatic heterocycles. The highest BCUT2D eigenvalue weighted by molar-refractivity contribution is 6.04. The van der Waals surface area contributed by atoms with Gasteiger partial charge in [0.1, 0.15) is 0 Å². The number of nitrogens with one attached hydrogen (secondary N) is 1. The van der Waals surface area contributed by atoms with Crippen LogP contribution in [0, 0.1) is 0 Å². The maximum Gasteiger partial charge on any atom is 0.337 e. The van der Waals surface area contributed by atoms with Crippen molar-refractivity contribution >= 4 is 23.6 Å². The summed E-state index contributed by atoms with van der Waals surface area (Å²) < 4.78 is 10.4. The van der Waals surface area contributed by atoms with Crippen LogP contribution in [-0.2, 0) is 4.79 Å². The summed E-state index contributed by atoms with van der Waals surface area (Å²) in [5.74, 6) is -0.271. The second kappa shape index (κ2) is 9.08. The number of rotatable bonds is 7. The lowest BCUT2D eigenvalue weighted by Crippen LogP contribution is -2.11. The average Bonchev–Trinajstić information content (AvgIpc) is 2.65. The van der Waals surface area contributed by atoms with E-state index in [1.807, 2.05) is 12.1 Å². The summed E-state index contributed by atoms with van der Waals surface area (Å²) in [5, 5.41) is 11.6. The molecule has 0 saturated heterocycles. The van der Waals surface area contributed by atoms with Crippen LogP contribution in [-0.4, -0.2) is 31.2 Å². The van der Waals surface area contributed by atoms with Gasteiger partial charge in [0.2, 0.25) is 5.91 Å². The number of carboxylic acids is 1. The summed E-state index contributed by atoms with van der Waals surface area (Å²) in [4.78, 5) is 23.0. The lowest BCUT2D eigenvalue weighted by atomic mass is 10.1. The molecule has 26 heavy (non-hydrogen) atoms. The summed E-state index contributed by atoms with van der Waals surface area (Å²) in [6, 6.07) is 11.7. The Bertz CT molecular complexity index is 855. The molecule has 6 heteroatoms. The lowest BCUT2D eigenvalue weighted by molar-refractivity contribution is -0.111. The first kappa shape index (κ1) is 18.8. The van der Waals surface area contributed by atoms with E-state index in [0.29, 0.717) is 11.5 Å². The zero-order valence-corrected chi connectivity index (χ0v) is 14.4. The van der Waals surface area contributed by atoms with Gasteiger partial charge in [0.05, 0.1) is 25.5 Å². The van der Waals surface area contributed by atoms with Crippen molar-refractivity contribution in [2.75, 3.05) is 19.5 Å². The molecular weight excluding hydrogens is 334 g/mol. The Labute approximate surface area is 151 Å². The van der Waals surface area contributed by atoms with Gasteiger partial charge in [-0.2, -0.15) is 0 Å². The third-order valence-electron chi connectivity index (χ3n) is 3.47. The van der Waals surface area contributed by atoms with Crippen molar-refractivity contribution in [1.82, 2.24) is 0 Å². The van der Waals surface area contributed by atoms with Crippen LogP contribution in [0.3, 0.4) is 0 Å². The number of benzene rings is 2. The Hall–Kier alpha value is -3.54. The Morgan fingerprint density at radius 3 is 2.42 bits per heavy atom. The van der Waals surface area contributed by atoms with Gasteiger partial charge in [-0.15, -0.1) is 0 Å². The van der Waals surface area contributed by atoms with Crippen molar-refractivity contribution in [1.29, 1.82) is 0 Å². The number of allylic oxidation sites excluding steroid dienone is 2. The molecule has 0 saturated carbocycles. The molecule has 0 spiro atoms. The number of carbonyl (C=O) groups is 2. The van der Waals surface area contributed by atoms with E-state index in [4.69, 9.17) is 14.6 Å². The van der Waals surface area contributed by atoms with Crippen LogP contribution in [0.5, 0.6) is 11.5 Å². The van der Waals surface area contributed by atoms with E-state index in [9.17, 15) is 9.59 Å². The van der Waals surface area contributed by atoms with Gasteiger partial charge in [0, 0.05) is 6.08 Å². The Balaban J connectivity index is 2.01. The van der Waals surface area contributed by atoms with Crippen molar-refractivity contribution in [3.05, 3.63) is 71.8 Å². The average molecular weight is 353 g/mol. The number of hydrogen-bond acceptors (Lipinski definition) is 4. The molecule has 0 fully saturated rings. The predicted octanol–water partition coefficient (Wildman–Crippen LogP) is 3.61. The summed E-state index contributed by atoms with van der Waals surface area (Å²) in [5.41, 5.74) is 1.16. The largest absolute Gasteiger partial charge is 0.493 e. The zero-order valence-electron chi connectivity index (χ0n) is 14.4. The number of anilines is 1. The SMILES string of the molecule is COc1ccc(/C=C/C=C/C(=O)Nc2ccccc2C(=O)O)cc1OC. The molecule has 0 radical (unpaired) electrons. The lowest BCUT2D eigenvalue weighted by Gasteiger charge is -2.07. The molecule has 0 aliphatic rings. The Morgan fingerprint density at radius 2 is 1.73 bits per heavy atom. The fourth-order valence-electron chi connectivity index (χ4n) is 2.22. The Kier molecular flexibility index (Phi) is 6.56. The molecular formula is C20H19NO5. The molecule has 2 N–H and O–H groups in total. The minimum Gasteiger partial charge on any atom is -0.493 e. The molecule has 0 bridgehead atoms.